The van der Waals surface area contributed by atoms with Crippen molar-refractivity contribution in [1.29, 1.82) is 0 Å². The zero-order valence-electron chi connectivity index (χ0n) is 24.8. The van der Waals surface area contributed by atoms with E-state index in [-0.39, 0.29) is 0 Å². The highest BCUT2D eigenvalue weighted by atomic mass is 32.2. The highest BCUT2D eigenvalue weighted by molar-refractivity contribution is 7.99. The summed E-state index contributed by atoms with van der Waals surface area (Å²) < 4.78 is 7.92. The molecule has 0 aliphatic carbocycles. The summed E-state index contributed by atoms with van der Waals surface area (Å²) in [6.45, 7) is 4.16. The first-order valence-electron chi connectivity index (χ1n) is 13.9. The molecule has 12 heteroatoms. The summed E-state index contributed by atoms with van der Waals surface area (Å²) in [5.41, 5.74) is 7.31. The van der Waals surface area contributed by atoms with Crippen molar-refractivity contribution >= 4 is 68.5 Å². The molecule has 218 valence electrons. The number of benzene rings is 2. The number of nitrogens with one attached hydrogen (secondary N) is 3. The van der Waals surface area contributed by atoms with E-state index < -0.39 is 0 Å². The number of hydrogen-bond acceptors (Lipinski definition) is 11. The molecule has 1 atom stereocenters. The molecule has 4 heterocycles. The molecule has 1 unspecified atom stereocenters. The first-order chi connectivity index (χ1) is 20.4. The predicted molar refractivity (Wildman–Crippen MR) is 174 cm³/mol. The maximum absolute atomic E-state index is 5.84. The minimum absolute atomic E-state index is 0.451. The standard InChI is InChI=1S/C30H36N10OS/c1-18-15-23(25(41-5)16-24(18)40-14-10-19(17-40)38(2)3)35-30-36-28-20(9-11-33-28)29(37-30)34-22-8-7-21-26(32-13-12-31-21)27(22)39(4)42-6/h7-9,11-13,15-16,19H,10,14,17H2,1-6H3,(H3,33,34,35,36,37). The lowest BCUT2D eigenvalue weighted by molar-refractivity contribution is 0.315. The number of aromatic nitrogens is 5. The van der Waals surface area contributed by atoms with Crippen molar-refractivity contribution in [2.45, 2.75) is 19.4 Å². The average molecular weight is 585 g/mol. The molecule has 0 bridgehead atoms. The van der Waals surface area contributed by atoms with Gasteiger partial charge in [-0.1, -0.05) is 11.9 Å². The Kier molecular flexibility index (Phi) is 7.65. The molecular weight excluding hydrogens is 548 g/mol. The molecule has 42 heavy (non-hydrogen) atoms. The smallest absolute Gasteiger partial charge is 0.231 e. The fourth-order valence-electron chi connectivity index (χ4n) is 5.54. The normalized spacial score (nSPS) is 15.1. The molecule has 0 amide bonds. The van der Waals surface area contributed by atoms with E-state index in [0.29, 0.717) is 17.8 Å². The number of nitrogens with zero attached hydrogens (tertiary/aromatic N) is 7. The highest BCUT2D eigenvalue weighted by Crippen LogP contribution is 2.39. The molecule has 5 aromatic rings. The first-order valence-corrected chi connectivity index (χ1v) is 15.0. The number of ether oxygens (including phenoxy) is 1. The Labute approximate surface area is 249 Å². The van der Waals surface area contributed by atoms with Crippen LogP contribution in [0.4, 0.5) is 34.5 Å². The third kappa shape index (κ3) is 5.23. The third-order valence-electron chi connectivity index (χ3n) is 7.87. The van der Waals surface area contributed by atoms with Crippen LogP contribution in [0.15, 0.2) is 48.9 Å². The quantitative estimate of drug-likeness (QED) is 0.189. The lowest BCUT2D eigenvalue weighted by Gasteiger charge is -2.25. The van der Waals surface area contributed by atoms with Crippen LogP contribution in [0.3, 0.4) is 0 Å². The van der Waals surface area contributed by atoms with Crippen molar-refractivity contribution in [3.05, 3.63) is 54.5 Å². The van der Waals surface area contributed by atoms with Gasteiger partial charge in [-0.3, -0.25) is 9.97 Å². The van der Waals surface area contributed by atoms with E-state index in [1.165, 1.54) is 11.3 Å². The number of hydrogen-bond donors (Lipinski definition) is 3. The predicted octanol–water partition coefficient (Wildman–Crippen LogP) is 5.56. The second-order valence-corrected chi connectivity index (χ2v) is 11.6. The Balaban J connectivity index is 1.35. The number of methoxy groups -OCH3 is 1. The maximum atomic E-state index is 5.84. The van der Waals surface area contributed by atoms with Gasteiger partial charge in [0, 0.05) is 62.8 Å². The van der Waals surface area contributed by atoms with E-state index in [4.69, 9.17) is 14.7 Å². The zero-order valence-corrected chi connectivity index (χ0v) is 25.6. The minimum atomic E-state index is 0.451. The van der Waals surface area contributed by atoms with Gasteiger partial charge in [0.15, 0.2) is 0 Å². The molecule has 1 saturated heterocycles. The van der Waals surface area contributed by atoms with Crippen LogP contribution >= 0.6 is 11.9 Å². The summed E-state index contributed by atoms with van der Waals surface area (Å²) in [4.78, 5) is 26.8. The fourth-order valence-corrected chi connectivity index (χ4v) is 5.91. The fraction of sp³-hybridized carbons (Fsp3) is 0.333. The van der Waals surface area contributed by atoms with E-state index in [1.807, 2.05) is 37.7 Å². The van der Waals surface area contributed by atoms with Crippen LogP contribution < -0.4 is 24.6 Å². The summed E-state index contributed by atoms with van der Waals surface area (Å²) in [7, 11) is 8.00. The van der Waals surface area contributed by atoms with E-state index >= 15 is 0 Å². The molecule has 0 spiro atoms. The lowest BCUT2D eigenvalue weighted by Crippen LogP contribution is -2.31. The van der Waals surface area contributed by atoms with Crippen LogP contribution in [0.5, 0.6) is 5.75 Å². The van der Waals surface area contributed by atoms with Gasteiger partial charge in [-0.15, -0.1) is 0 Å². The van der Waals surface area contributed by atoms with Gasteiger partial charge in [-0.2, -0.15) is 9.97 Å². The number of anilines is 6. The summed E-state index contributed by atoms with van der Waals surface area (Å²) in [6, 6.07) is 10.7. The van der Waals surface area contributed by atoms with Crippen LogP contribution in [-0.2, 0) is 0 Å². The molecule has 1 aliphatic heterocycles. The summed E-state index contributed by atoms with van der Waals surface area (Å²) in [5, 5.41) is 7.86. The molecule has 11 nitrogen and oxygen atoms in total. The van der Waals surface area contributed by atoms with Gasteiger partial charge in [0.05, 0.1) is 35.1 Å². The summed E-state index contributed by atoms with van der Waals surface area (Å²) in [6.07, 6.45) is 8.46. The van der Waals surface area contributed by atoms with Gasteiger partial charge in [0.25, 0.3) is 0 Å². The number of H-pyrrole nitrogens is 1. The number of likely N-dealkylation sites (N-methyl/N-ethyl adjacent to an activating group) is 1. The molecule has 1 aliphatic rings. The number of aromatic amines is 1. The van der Waals surface area contributed by atoms with Crippen molar-refractivity contribution < 1.29 is 4.74 Å². The third-order valence-corrected chi connectivity index (χ3v) is 8.60. The van der Waals surface area contributed by atoms with E-state index in [9.17, 15) is 0 Å². The van der Waals surface area contributed by atoms with Crippen LogP contribution in [0, 0.1) is 6.92 Å². The Morgan fingerprint density at radius 2 is 1.88 bits per heavy atom. The second-order valence-electron chi connectivity index (χ2n) is 10.6. The first kappa shape index (κ1) is 27.9. The van der Waals surface area contributed by atoms with Gasteiger partial charge in [-0.05, 0) is 57.3 Å². The minimum Gasteiger partial charge on any atom is -0.494 e. The molecule has 3 aromatic heterocycles. The lowest BCUT2D eigenvalue weighted by atomic mass is 10.1. The Bertz CT molecular complexity index is 1740. The average Bonchev–Trinajstić information content (AvgIpc) is 3.67. The van der Waals surface area contributed by atoms with Gasteiger partial charge in [-0.25, -0.2) is 0 Å². The Hall–Kier alpha value is -4.29. The van der Waals surface area contributed by atoms with Gasteiger partial charge < -0.3 is 34.5 Å². The van der Waals surface area contributed by atoms with Crippen LogP contribution in [0.25, 0.3) is 22.1 Å². The largest absolute Gasteiger partial charge is 0.494 e. The summed E-state index contributed by atoms with van der Waals surface area (Å²) >= 11 is 1.60. The van der Waals surface area contributed by atoms with Crippen LogP contribution in [0.2, 0.25) is 0 Å². The number of rotatable bonds is 9. The van der Waals surface area contributed by atoms with Crippen molar-refractivity contribution in [3.63, 3.8) is 0 Å². The molecule has 0 radical (unpaired) electrons. The topological polar surface area (TPSA) is 110 Å². The molecule has 3 N–H and O–H groups in total. The van der Waals surface area contributed by atoms with Gasteiger partial charge in [0.2, 0.25) is 5.95 Å². The van der Waals surface area contributed by atoms with E-state index in [2.05, 4.69) is 72.8 Å². The number of fused-ring (bicyclic) bond motifs is 2. The molecule has 2 aromatic carbocycles. The maximum Gasteiger partial charge on any atom is 0.231 e. The molecule has 0 saturated carbocycles. The highest BCUT2D eigenvalue weighted by Gasteiger charge is 2.26. The van der Waals surface area contributed by atoms with E-state index in [0.717, 1.165) is 64.4 Å². The van der Waals surface area contributed by atoms with Gasteiger partial charge >= 0.3 is 0 Å². The van der Waals surface area contributed by atoms with Gasteiger partial charge in [0.1, 0.15) is 22.7 Å². The molecule has 6 rings (SSSR count). The molecular formula is C30H36N10OS. The van der Waals surface area contributed by atoms with Crippen molar-refractivity contribution in [2.24, 2.45) is 0 Å². The Morgan fingerprint density at radius 3 is 2.64 bits per heavy atom. The molecule has 1 fully saturated rings. The second kappa shape index (κ2) is 11.5. The number of aryl methyl sites for hydroxylation is 1. The monoisotopic (exact) mass is 584 g/mol. The van der Waals surface area contributed by atoms with Crippen LogP contribution in [-0.4, -0.2) is 83.5 Å². The van der Waals surface area contributed by atoms with Crippen LogP contribution in [0.1, 0.15) is 12.0 Å². The summed E-state index contributed by atoms with van der Waals surface area (Å²) in [5.74, 6) is 1.86. The van der Waals surface area contributed by atoms with Crippen molar-refractivity contribution in [2.75, 3.05) is 67.4 Å². The van der Waals surface area contributed by atoms with Crippen molar-refractivity contribution in [3.8, 4) is 5.75 Å². The zero-order chi connectivity index (χ0) is 29.4. The Morgan fingerprint density at radius 1 is 1.05 bits per heavy atom. The SMILES string of the molecule is COc1cc(N2CCC(N(C)C)C2)c(C)cc1Nc1nc(Nc2ccc3nccnc3c2N(C)SC)c2cc[nH]c2n1. The van der Waals surface area contributed by atoms with E-state index in [1.54, 1.807) is 31.5 Å². The van der Waals surface area contributed by atoms with Crippen molar-refractivity contribution in [1.82, 2.24) is 29.8 Å².